The molecule has 130 valence electrons. The largest absolute Gasteiger partial charge is 0.352 e. The molecule has 0 spiro atoms. The van der Waals surface area contributed by atoms with E-state index < -0.39 is 9.84 Å². The van der Waals surface area contributed by atoms with Crippen LogP contribution in [0.5, 0.6) is 0 Å². The number of hydrogen-bond donors (Lipinski definition) is 2. The van der Waals surface area contributed by atoms with E-state index in [1.165, 1.54) is 0 Å². The summed E-state index contributed by atoms with van der Waals surface area (Å²) in [6, 6.07) is 0.0879. The van der Waals surface area contributed by atoms with Gasteiger partial charge in [-0.15, -0.1) is 0 Å². The number of likely N-dealkylation sites (tertiary alicyclic amines) is 1. The average molecular weight is 342 g/mol. The Labute approximate surface area is 137 Å². The number of aromatic nitrogens is 2. The van der Waals surface area contributed by atoms with Gasteiger partial charge in [0.1, 0.15) is 9.84 Å². The van der Waals surface area contributed by atoms with E-state index in [0.29, 0.717) is 5.92 Å². The summed E-state index contributed by atoms with van der Waals surface area (Å²) in [5, 5.41) is 3.03. The van der Waals surface area contributed by atoms with E-state index >= 15 is 0 Å². The first-order chi connectivity index (χ1) is 10.9. The van der Waals surface area contributed by atoms with Crippen LogP contribution in [0.1, 0.15) is 31.9 Å². The Morgan fingerprint density at radius 2 is 2.26 bits per heavy atom. The lowest BCUT2D eigenvalue weighted by Crippen LogP contribution is -2.41. The number of sulfone groups is 1. The number of nitrogens with one attached hydrogen (secondary N) is 2. The van der Waals surface area contributed by atoms with Crippen molar-refractivity contribution in [2.24, 2.45) is 5.92 Å². The Morgan fingerprint density at radius 1 is 1.48 bits per heavy atom. The molecule has 1 aliphatic rings. The fourth-order valence-corrected chi connectivity index (χ4v) is 3.64. The highest BCUT2D eigenvalue weighted by molar-refractivity contribution is 7.90. The van der Waals surface area contributed by atoms with Crippen LogP contribution in [0.4, 0.5) is 0 Å². The zero-order chi connectivity index (χ0) is 16.9. The van der Waals surface area contributed by atoms with E-state index in [0.717, 1.165) is 44.4 Å². The molecule has 0 bridgehead atoms. The Morgan fingerprint density at radius 3 is 2.87 bits per heavy atom. The third-order valence-electron chi connectivity index (χ3n) is 4.17. The van der Waals surface area contributed by atoms with Crippen molar-refractivity contribution in [2.75, 3.05) is 25.1 Å². The number of rotatable bonds is 8. The fraction of sp³-hybridized carbons (Fsp3) is 0.733. The van der Waals surface area contributed by atoms with Gasteiger partial charge in [0.25, 0.3) is 0 Å². The third kappa shape index (κ3) is 5.95. The average Bonchev–Trinajstić information content (AvgIpc) is 3.08. The van der Waals surface area contributed by atoms with Crippen molar-refractivity contribution in [3.63, 3.8) is 0 Å². The van der Waals surface area contributed by atoms with Crippen LogP contribution in [0.2, 0.25) is 0 Å². The van der Waals surface area contributed by atoms with Crippen LogP contribution >= 0.6 is 0 Å². The van der Waals surface area contributed by atoms with E-state index in [1.54, 1.807) is 6.33 Å². The standard InChI is InChI=1S/C15H26N4O3S/c1-3-4-12-8-19(9-13-7-16-11-17-13)10-14(12)18-15(20)5-6-23(2,21)22/h7,11-12,14H,3-6,8-10H2,1-2H3,(H,16,17)(H,18,20)/t12-,14-/m0/s1. The minimum atomic E-state index is -3.10. The molecule has 1 aliphatic heterocycles. The molecule has 1 saturated heterocycles. The molecular formula is C15H26N4O3S. The van der Waals surface area contributed by atoms with E-state index in [4.69, 9.17) is 0 Å². The van der Waals surface area contributed by atoms with Gasteiger partial charge in [-0.2, -0.15) is 0 Å². The Balaban J connectivity index is 1.88. The van der Waals surface area contributed by atoms with Crippen molar-refractivity contribution in [3.05, 3.63) is 18.2 Å². The van der Waals surface area contributed by atoms with Gasteiger partial charge in [-0.25, -0.2) is 13.4 Å². The molecule has 8 heteroatoms. The quantitative estimate of drug-likeness (QED) is 0.720. The highest BCUT2D eigenvalue weighted by Crippen LogP contribution is 2.23. The molecule has 1 amide bonds. The number of carbonyl (C=O) groups excluding carboxylic acids is 1. The Hall–Kier alpha value is -1.41. The molecule has 7 nitrogen and oxygen atoms in total. The topological polar surface area (TPSA) is 95.2 Å². The molecule has 0 unspecified atom stereocenters. The van der Waals surface area contributed by atoms with Crippen molar-refractivity contribution in [1.29, 1.82) is 0 Å². The van der Waals surface area contributed by atoms with Gasteiger partial charge in [0, 0.05) is 50.2 Å². The van der Waals surface area contributed by atoms with Crippen LogP contribution < -0.4 is 5.32 Å². The molecule has 1 aromatic rings. The maximum absolute atomic E-state index is 12.0. The minimum Gasteiger partial charge on any atom is -0.352 e. The van der Waals surface area contributed by atoms with Crippen LogP contribution in [-0.4, -0.2) is 60.3 Å². The maximum atomic E-state index is 12.0. The lowest BCUT2D eigenvalue weighted by molar-refractivity contribution is -0.121. The SMILES string of the molecule is CCC[C@H]1CN(Cc2cnc[nH]2)C[C@@H]1NC(=O)CCS(C)(=O)=O. The first-order valence-electron chi connectivity index (χ1n) is 8.04. The van der Waals surface area contributed by atoms with Crippen molar-refractivity contribution in [2.45, 2.75) is 38.8 Å². The number of H-pyrrole nitrogens is 1. The number of carbonyl (C=O) groups is 1. The Bertz CT molecular complexity index is 600. The van der Waals surface area contributed by atoms with Gasteiger partial charge in [-0.05, 0) is 12.3 Å². The minimum absolute atomic E-state index is 0.0364. The second-order valence-corrected chi connectivity index (χ2v) is 8.63. The molecule has 2 atom stereocenters. The number of imidazole rings is 1. The normalized spacial score (nSPS) is 22.3. The summed E-state index contributed by atoms with van der Waals surface area (Å²) in [7, 11) is -3.10. The number of hydrogen-bond acceptors (Lipinski definition) is 5. The zero-order valence-electron chi connectivity index (χ0n) is 13.8. The summed E-state index contributed by atoms with van der Waals surface area (Å²) in [5.74, 6) is 0.136. The van der Waals surface area contributed by atoms with Crippen LogP contribution in [0.25, 0.3) is 0 Å². The van der Waals surface area contributed by atoms with Gasteiger partial charge in [-0.1, -0.05) is 13.3 Å². The predicted octanol–water partition coefficient (Wildman–Crippen LogP) is 0.561. The highest BCUT2D eigenvalue weighted by Gasteiger charge is 2.33. The molecule has 0 saturated carbocycles. The summed E-state index contributed by atoms with van der Waals surface area (Å²) in [4.78, 5) is 21.4. The Kier molecular flexibility index (Phi) is 6.17. The number of nitrogens with zero attached hydrogens (tertiary/aromatic N) is 2. The fourth-order valence-electron chi connectivity index (χ4n) is 3.09. The summed E-state index contributed by atoms with van der Waals surface area (Å²) in [6.07, 6.45) is 6.79. The predicted molar refractivity (Wildman–Crippen MR) is 88.5 cm³/mol. The summed E-state index contributed by atoms with van der Waals surface area (Å²) in [5.41, 5.74) is 1.06. The molecule has 2 rings (SSSR count). The molecule has 1 aromatic heterocycles. The smallest absolute Gasteiger partial charge is 0.221 e. The summed E-state index contributed by atoms with van der Waals surface area (Å²) in [6.45, 7) is 4.65. The van der Waals surface area contributed by atoms with Gasteiger partial charge >= 0.3 is 0 Å². The molecular weight excluding hydrogens is 316 g/mol. The summed E-state index contributed by atoms with van der Waals surface area (Å²) >= 11 is 0. The molecule has 0 radical (unpaired) electrons. The lowest BCUT2D eigenvalue weighted by Gasteiger charge is -2.19. The number of aromatic amines is 1. The summed E-state index contributed by atoms with van der Waals surface area (Å²) < 4.78 is 22.3. The zero-order valence-corrected chi connectivity index (χ0v) is 14.6. The highest BCUT2D eigenvalue weighted by atomic mass is 32.2. The molecule has 23 heavy (non-hydrogen) atoms. The van der Waals surface area contributed by atoms with Gasteiger partial charge in [0.05, 0.1) is 12.1 Å². The second kappa shape index (κ2) is 7.92. The van der Waals surface area contributed by atoms with E-state index in [-0.39, 0.29) is 24.1 Å². The lowest BCUT2D eigenvalue weighted by atomic mass is 9.98. The van der Waals surface area contributed by atoms with Crippen molar-refractivity contribution >= 4 is 15.7 Å². The molecule has 0 aromatic carbocycles. The maximum Gasteiger partial charge on any atom is 0.221 e. The van der Waals surface area contributed by atoms with Crippen LogP contribution in [-0.2, 0) is 21.2 Å². The van der Waals surface area contributed by atoms with Crippen molar-refractivity contribution < 1.29 is 13.2 Å². The first-order valence-corrected chi connectivity index (χ1v) is 10.1. The molecule has 0 aliphatic carbocycles. The van der Waals surface area contributed by atoms with Gasteiger partial charge in [-0.3, -0.25) is 9.69 Å². The van der Waals surface area contributed by atoms with Crippen LogP contribution in [0.3, 0.4) is 0 Å². The van der Waals surface area contributed by atoms with E-state index in [2.05, 4.69) is 27.1 Å². The van der Waals surface area contributed by atoms with Crippen molar-refractivity contribution in [1.82, 2.24) is 20.2 Å². The van der Waals surface area contributed by atoms with Crippen molar-refractivity contribution in [3.8, 4) is 0 Å². The van der Waals surface area contributed by atoms with E-state index in [1.807, 2.05) is 6.20 Å². The monoisotopic (exact) mass is 342 g/mol. The van der Waals surface area contributed by atoms with Crippen LogP contribution in [0, 0.1) is 5.92 Å². The van der Waals surface area contributed by atoms with E-state index in [9.17, 15) is 13.2 Å². The van der Waals surface area contributed by atoms with Gasteiger partial charge in [0.15, 0.2) is 0 Å². The van der Waals surface area contributed by atoms with Gasteiger partial charge < -0.3 is 10.3 Å². The third-order valence-corrected chi connectivity index (χ3v) is 5.12. The second-order valence-electron chi connectivity index (χ2n) is 6.37. The molecule has 1 fully saturated rings. The van der Waals surface area contributed by atoms with Crippen LogP contribution in [0.15, 0.2) is 12.5 Å². The number of amides is 1. The molecule has 2 N–H and O–H groups in total. The first kappa shape index (κ1) is 17.9. The van der Waals surface area contributed by atoms with Gasteiger partial charge in [0.2, 0.25) is 5.91 Å². The molecule has 2 heterocycles.